The van der Waals surface area contributed by atoms with E-state index < -0.39 is 0 Å². The van der Waals surface area contributed by atoms with Crippen LogP contribution in [0.15, 0.2) is 85.2 Å². The van der Waals surface area contributed by atoms with Crippen LogP contribution < -0.4 is 0 Å². The lowest BCUT2D eigenvalue weighted by atomic mass is 10.1. The number of hydrogen-bond acceptors (Lipinski definition) is 4. The summed E-state index contributed by atoms with van der Waals surface area (Å²) in [5, 5.41) is 0. The fourth-order valence-corrected chi connectivity index (χ4v) is 3.76. The summed E-state index contributed by atoms with van der Waals surface area (Å²) in [5.74, 6) is 0.518. The number of Topliss-reactive ketones (excluding diaryl/α,β-unsaturated/α-hetero) is 2. The number of pyridine rings is 1. The Hall–Kier alpha value is -3.11. The molecule has 0 fully saturated rings. The molecule has 40 heavy (non-hydrogen) atoms. The molecule has 4 heteroatoms. The van der Waals surface area contributed by atoms with Crippen LogP contribution in [0.5, 0.6) is 0 Å². The second-order valence-corrected chi connectivity index (χ2v) is 9.84. The van der Waals surface area contributed by atoms with Crippen LogP contribution >= 0.6 is 0 Å². The lowest BCUT2D eigenvalue weighted by Gasteiger charge is -2.04. The minimum atomic E-state index is 0.211. The third-order valence-electron chi connectivity index (χ3n) is 6.06. The Morgan fingerprint density at radius 2 is 1.25 bits per heavy atom. The number of carbonyl (C=O) groups excluding carboxylic acids is 2. The van der Waals surface area contributed by atoms with Gasteiger partial charge in [-0.2, -0.15) is 0 Å². The van der Waals surface area contributed by atoms with Gasteiger partial charge in [-0.25, -0.2) is 0 Å². The van der Waals surface area contributed by atoms with Gasteiger partial charge in [0.05, 0.1) is 0 Å². The Balaban J connectivity index is 1.90. The average molecular weight is 546 g/mol. The molecule has 0 saturated carbocycles. The van der Waals surface area contributed by atoms with Crippen molar-refractivity contribution < 1.29 is 14.3 Å². The molecule has 0 aliphatic rings. The van der Waals surface area contributed by atoms with Gasteiger partial charge in [-0.3, -0.25) is 14.6 Å². The van der Waals surface area contributed by atoms with Crippen LogP contribution in [0.3, 0.4) is 0 Å². The van der Waals surface area contributed by atoms with Gasteiger partial charge in [-0.1, -0.05) is 85.9 Å². The van der Waals surface area contributed by atoms with E-state index >= 15 is 0 Å². The van der Waals surface area contributed by atoms with Crippen LogP contribution in [0.1, 0.15) is 102 Å². The van der Waals surface area contributed by atoms with Crippen molar-refractivity contribution in [3.8, 4) is 0 Å². The molecule has 0 unspecified atom stereocenters. The van der Waals surface area contributed by atoms with Crippen molar-refractivity contribution in [2.75, 3.05) is 13.2 Å². The number of rotatable bonds is 24. The highest BCUT2D eigenvalue weighted by Crippen LogP contribution is 2.06. The summed E-state index contributed by atoms with van der Waals surface area (Å²) in [7, 11) is 0. The highest BCUT2D eigenvalue weighted by atomic mass is 16.5. The second-order valence-electron chi connectivity index (χ2n) is 9.84. The zero-order valence-corrected chi connectivity index (χ0v) is 24.9. The minimum Gasteiger partial charge on any atom is -0.381 e. The van der Waals surface area contributed by atoms with Gasteiger partial charge in [-0.15, -0.1) is 0 Å². The van der Waals surface area contributed by atoms with Crippen molar-refractivity contribution in [3.63, 3.8) is 0 Å². The summed E-state index contributed by atoms with van der Waals surface area (Å²) >= 11 is 0. The normalized spacial score (nSPS) is 12.4. The second kappa shape index (κ2) is 26.1. The predicted octanol–water partition coefficient (Wildman–Crippen LogP) is 9.43. The fraction of sp³-hybridized carbons (Fsp3) is 0.472. The number of hydrogen-bond donors (Lipinski definition) is 0. The summed E-state index contributed by atoms with van der Waals surface area (Å²) in [6.07, 6.45) is 38.1. The number of ether oxygens (including phenoxy) is 1. The molecule has 1 rings (SSSR count). The van der Waals surface area contributed by atoms with E-state index in [9.17, 15) is 9.59 Å². The summed E-state index contributed by atoms with van der Waals surface area (Å²) in [6, 6.07) is 3.95. The van der Waals surface area contributed by atoms with Gasteiger partial charge in [0, 0.05) is 50.8 Å². The van der Waals surface area contributed by atoms with Gasteiger partial charge in [-0.05, 0) is 76.3 Å². The van der Waals surface area contributed by atoms with Crippen LogP contribution in [0.25, 0.3) is 6.08 Å². The van der Waals surface area contributed by atoms with E-state index in [-0.39, 0.29) is 5.78 Å². The quantitative estimate of drug-likeness (QED) is 0.0959. The van der Waals surface area contributed by atoms with Crippen molar-refractivity contribution in [2.45, 2.75) is 97.3 Å². The third kappa shape index (κ3) is 22.8. The highest BCUT2D eigenvalue weighted by molar-refractivity contribution is 5.80. The first-order valence-corrected chi connectivity index (χ1v) is 15.1. The smallest absolute Gasteiger partial charge is 0.136 e. The third-order valence-corrected chi connectivity index (χ3v) is 6.06. The molecule has 0 aliphatic heterocycles. The van der Waals surface area contributed by atoms with Crippen LogP contribution in [0.2, 0.25) is 0 Å². The van der Waals surface area contributed by atoms with Crippen molar-refractivity contribution >= 4 is 17.6 Å². The Bertz CT molecular complexity index is 964. The molecule has 1 heterocycles. The van der Waals surface area contributed by atoms with Crippen molar-refractivity contribution in [1.29, 1.82) is 0 Å². The van der Waals surface area contributed by atoms with E-state index in [0.717, 1.165) is 69.0 Å². The van der Waals surface area contributed by atoms with Gasteiger partial charge < -0.3 is 4.74 Å². The number of nitrogens with zero attached hydrogens (tertiary/aromatic N) is 1. The molecule has 0 N–H and O–H groups in total. The number of unbranched alkanes of at least 4 members (excludes halogenated alkanes) is 1. The van der Waals surface area contributed by atoms with E-state index in [4.69, 9.17) is 4.74 Å². The van der Waals surface area contributed by atoms with Gasteiger partial charge in [0.1, 0.15) is 11.6 Å². The molecule has 4 nitrogen and oxygen atoms in total. The molecule has 0 aliphatic carbocycles. The largest absolute Gasteiger partial charge is 0.381 e. The Labute approximate surface area is 243 Å². The van der Waals surface area contributed by atoms with Gasteiger partial charge in [0.25, 0.3) is 0 Å². The predicted molar refractivity (Wildman–Crippen MR) is 170 cm³/mol. The highest BCUT2D eigenvalue weighted by Gasteiger charge is 2.02. The molecule has 1 aromatic heterocycles. The summed E-state index contributed by atoms with van der Waals surface area (Å²) < 4.78 is 5.60. The molecule has 0 atom stereocenters. The molecule has 1 aromatic rings. The van der Waals surface area contributed by atoms with Crippen LogP contribution in [-0.2, 0) is 14.3 Å². The van der Waals surface area contributed by atoms with Crippen LogP contribution in [-0.4, -0.2) is 29.8 Å². The number of ketones is 2. The van der Waals surface area contributed by atoms with Gasteiger partial charge in [0.15, 0.2) is 0 Å². The van der Waals surface area contributed by atoms with Crippen LogP contribution in [0.4, 0.5) is 0 Å². The Morgan fingerprint density at radius 1 is 0.700 bits per heavy atom. The fourth-order valence-electron chi connectivity index (χ4n) is 3.76. The molecule has 0 saturated heterocycles. The van der Waals surface area contributed by atoms with Gasteiger partial charge >= 0.3 is 0 Å². The first-order valence-electron chi connectivity index (χ1n) is 15.1. The molecule has 0 spiro atoms. The maximum atomic E-state index is 12.0. The molecule has 0 aromatic carbocycles. The number of allylic oxidation sites excluding steroid dienone is 11. The van der Waals surface area contributed by atoms with Gasteiger partial charge in [0.2, 0.25) is 0 Å². The summed E-state index contributed by atoms with van der Waals surface area (Å²) in [6.45, 7) is 5.25. The SMILES string of the molecule is CC/C=C\C/C=C\C/C=C\C/C=C\C/C=C\CCCC(=O)CCCOCCCC(=O)C/C=C/c1ccc(C)nc1. The van der Waals surface area contributed by atoms with E-state index in [1.165, 1.54) is 0 Å². The lowest BCUT2D eigenvalue weighted by molar-refractivity contribution is -0.119. The summed E-state index contributed by atoms with van der Waals surface area (Å²) in [5.41, 5.74) is 1.99. The molecule has 0 amide bonds. The van der Waals surface area contributed by atoms with Crippen molar-refractivity contribution in [3.05, 3.63) is 96.4 Å². The molecule has 0 radical (unpaired) electrons. The molecular weight excluding hydrogens is 494 g/mol. The number of aryl methyl sites for hydroxylation is 1. The van der Waals surface area contributed by atoms with Crippen molar-refractivity contribution in [1.82, 2.24) is 4.98 Å². The van der Waals surface area contributed by atoms with E-state index in [1.807, 2.05) is 31.2 Å². The monoisotopic (exact) mass is 545 g/mol. The first kappa shape index (κ1) is 34.9. The first-order chi connectivity index (χ1) is 19.6. The number of aromatic nitrogens is 1. The lowest BCUT2D eigenvalue weighted by Crippen LogP contribution is -2.04. The zero-order valence-electron chi connectivity index (χ0n) is 24.9. The van der Waals surface area contributed by atoms with E-state index in [1.54, 1.807) is 6.20 Å². The Morgan fingerprint density at radius 3 is 1.82 bits per heavy atom. The topological polar surface area (TPSA) is 56.3 Å². The maximum absolute atomic E-state index is 12.0. The standard InChI is InChI=1S/C36H51NO3/c1-3-4-5-6-7-8-9-10-11-12-13-14-15-16-17-18-19-24-35(38)26-21-30-40-31-22-27-36(39)25-20-23-34-29-28-33(2)37-32-34/h4-5,7-8,10-11,13-14,16-17,20,23,28-29,32H,3,6,9,12,15,18-19,21-22,24-27,30-31H2,1-2H3/b5-4-,8-7-,11-10-,14-13-,17-16-,23-20+. The zero-order chi connectivity index (χ0) is 28.9. The molecule has 0 bridgehead atoms. The van der Waals surface area contributed by atoms with Crippen molar-refractivity contribution in [2.24, 2.45) is 0 Å². The summed E-state index contributed by atoms with van der Waals surface area (Å²) in [4.78, 5) is 28.3. The minimum absolute atomic E-state index is 0.211. The van der Waals surface area contributed by atoms with Crippen LogP contribution in [0, 0.1) is 6.92 Å². The average Bonchev–Trinajstić information content (AvgIpc) is 2.95. The Kier molecular flexibility index (Phi) is 22.8. The molecule has 218 valence electrons. The number of carbonyl (C=O) groups is 2. The van der Waals surface area contributed by atoms with E-state index in [2.05, 4.69) is 72.7 Å². The maximum Gasteiger partial charge on any atom is 0.136 e. The molecular formula is C36H51NO3. The van der Waals surface area contributed by atoms with E-state index in [0.29, 0.717) is 44.7 Å².